The molecule has 1 aromatic carbocycles. The van der Waals surface area contributed by atoms with Crippen LogP contribution in [0.2, 0.25) is 0 Å². The van der Waals surface area contributed by atoms with Crippen molar-refractivity contribution in [3.05, 3.63) is 51.2 Å². The molecule has 1 aliphatic heterocycles. The smallest absolute Gasteiger partial charge is 0.253 e. The molecule has 2 aromatic rings. The van der Waals surface area contributed by atoms with Gasteiger partial charge in [-0.1, -0.05) is 22.0 Å². The minimum absolute atomic E-state index is 0.101. The molecule has 0 N–H and O–H groups in total. The minimum Gasteiger partial charge on any atom is -0.338 e. The second-order valence-corrected chi connectivity index (χ2v) is 6.80. The highest BCUT2D eigenvalue weighted by Crippen LogP contribution is 2.22. The first-order valence-corrected chi connectivity index (χ1v) is 7.93. The zero-order chi connectivity index (χ0) is 14.1. The highest BCUT2D eigenvalue weighted by Gasteiger charge is 2.31. The molecule has 1 amide bonds. The number of benzene rings is 1. The second-order valence-electron chi connectivity index (χ2n) is 4.97. The van der Waals surface area contributed by atoms with Gasteiger partial charge in [-0.15, -0.1) is 0 Å². The van der Waals surface area contributed by atoms with E-state index in [1.54, 1.807) is 6.20 Å². The number of hydrogen-bond acceptors (Lipinski definition) is 2. The third-order valence-electron chi connectivity index (χ3n) is 3.36. The molecule has 0 atom stereocenters. The fourth-order valence-corrected chi connectivity index (χ4v) is 3.09. The molecular weight excluding hydrogens is 386 g/mol. The van der Waals surface area contributed by atoms with Gasteiger partial charge >= 0.3 is 0 Å². The lowest BCUT2D eigenvalue weighted by Crippen LogP contribution is -2.51. The van der Waals surface area contributed by atoms with Crippen LogP contribution in [0.3, 0.4) is 0 Å². The van der Waals surface area contributed by atoms with Crippen molar-refractivity contribution >= 4 is 37.8 Å². The van der Waals surface area contributed by atoms with Crippen LogP contribution in [0.4, 0.5) is 0 Å². The monoisotopic (exact) mass is 397 g/mol. The van der Waals surface area contributed by atoms with E-state index in [-0.39, 0.29) is 5.91 Å². The molecule has 2 heterocycles. The maximum Gasteiger partial charge on any atom is 0.253 e. The van der Waals surface area contributed by atoms with E-state index < -0.39 is 0 Å². The van der Waals surface area contributed by atoms with Crippen molar-refractivity contribution in [3.8, 4) is 0 Å². The Labute approximate surface area is 134 Å². The molecule has 20 heavy (non-hydrogen) atoms. The molecule has 3 rings (SSSR count). The molecule has 0 radical (unpaired) electrons. The number of amides is 1. The minimum atomic E-state index is 0.101. The van der Waals surface area contributed by atoms with Gasteiger partial charge in [0.1, 0.15) is 0 Å². The Morgan fingerprint density at radius 2 is 2.10 bits per heavy atom. The van der Waals surface area contributed by atoms with Crippen LogP contribution in [-0.4, -0.2) is 33.7 Å². The number of halogens is 2. The van der Waals surface area contributed by atoms with Crippen molar-refractivity contribution in [2.75, 3.05) is 13.1 Å². The van der Waals surface area contributed by atoms with Crippen molar-refractivity contribution in [3.63, 3.8) is 0 Å². The van der Waals surface area contributed by atoms with Crippen LogP contribution in [0.5, 0.6) is 0 Å². The summed E-state index contributed by atoms with van der Waals surface area (Å²) < 4.78 is 3.83. The lowest BCUT2D eigenvalue weighted by molar-refractivity contribution is 0.0461. The summed E-state index contributed by atoms with van der Waals surface area (Å²) in [7, 11) is 0. The topological polar surface area (TPSA) is 38.1 Å². The molecule has 0 aliphatic carbocycles. The van der Waals surface area contributed by atoms with Gasteiger partial charge in [0.25, 0.3) is 5.91 Å². The highest BCUT2D eigenvalue weighted by atomic mass is 79.9. The zero-order valence-electron chi connectivity index (χ0n) is 10.7. The van der Waals surface area contributed by atoms with Crippen LogP contribution in [0.25, 0.3) is 0 Å². The molecule has 104 valence electrons. The summed E-state index contributed by atoms with van der Waals surface area (Å²) in [6.07, 6.45) is 3.74. The number of carbonyl (C=O) groups is 1. The maximum absolute atomic E-state index is 12.3. The summed E-state index contributed by atoms with van der Waals surface area (Å²) in [4.78, 5) is 14.1. The first kappa shape index (κ1) is 13.8. The Morgan fingerprint density at radius 1 is 1.30 bits per heavy atom. The normalized spacial score (nSPS) is 15.2. The number of hydrogen-bond donors (Lipinski definition) is 0. The fraction of sp³-hybridized carbons (Fsp3) is 0.286. The molecule has 4 nitrogen and oxygen atoms in total. The van der Waals surface area contributed by atoms with Crippen molar-refractivity contribution in [1.82, 2.24) is 14.7 Å². The summed E-state index contributed by atoms with van der Waals surface area (Å²) in [5, 5.41) is 4.24. The van der Waals surface area contributed by atoms with Crippen molar-refractivity contribution in [1.29, 1.82) is 0 Å². The van der Waals surface area contributed by atoms with E-state index in [9.17, 15) is 4.79 Å². The summed E-state index contributed by atoms with van der Waals surface area (Å²) in [5.74, 6) is 0.585. The molecule has 0 unspecified atom stereocenters. The molecule has 6 heteroatoms. The lowest BCUT2D eigenvalue weighted by atomic mass is 9.99. The Balaban J connectivity index is 1.56. The van der Waals surface area contributed by atoms with Crippen LogP contribution >= 0.6 is 31.9 Å². The van der Waals surface area contributed by atoms with E-state index in [2.05, 4.69) is 37.0 Å². The first-order valence-electron chi connectivity index (χ1n) is 6.34. The van der Waals surface area contributed by atoms with Gasteiger partial charge < -0.3 is 4.90 Å². The van der Waals surface area contributed by atoms with E-state index in [0.717, 1.165) is 34.1 Å². The Kier molecular flexibility index (Phi) is 3.94. The van der Waals surface area contributed by atoms with Crippen molar-refractivity contribution < 1.29 is 4.79 Å². The van der Waals surface area contributed by atoms with Gasteiger partial charge in [0.05, 0.1) is 10.7 Å². The van der Waals surface area contributed by atoms with Crippen molar-refractivity contribution in [2.24, 2.45) is 5.92 Å². The fourth-order valence-electron chi connectivity index (χ4n) is 2.36. The van der Waals surface area contributed by atoms with E-state index >= 15 is 0 Å². The molecule has 0 spiro atoms. The van der Waals surface area contributed by atoms with Crippen LogP contribution in [0, 0.1) is 5.92 Å². The average molecular weight is 399 g/mol. The second kappa shape index (κ2) is 5.69. The quantitative estimate of drug-likeness (QED) is 0.796. The zero-order valence-corrected chi connectivity index (χ0v) is 13.8. The molecule has 1 fully saturated rings. The van der Waals surface area contributed by atoms with E-state index in [1.807, 2.05) is 40.0 Å². The largest absolute Gasteiger partial charge is 0.338 e. The predicted molar refractivity (Wildman–Crippen MR) is 83.5 cm³/mol. The van der Waals surface area contributed by atoms with Gasteiger partial charge in [-0.3, -0.25) is 9.48 Å². The number of carbonyl (C=O) groups excluding carboxylic acids is 1. The Hall–Kier alpha value is -1.14. The van der Waals surface area contributed by atoms with Gasteiger partial charge in [-0.05, 0) is 34.1 Å². The standard InChI is InChI=1S/C14H13Br2N3O/c15-12-3-1-2-11(4-12)14(20)18-6-10(7-18)8-19-9-13(16)5-17-19/h1-5,9-10H,6-8H2. The first-order chi connectivity index (χ1) is 9.61. The molecule has 1 aliphatic rings. The van der Waals surface area contributed by atoms with Crippen LogP contribution in [-0.2, 0) is 6.54 Å². The van der Waals surface area contributed by atoms with Crippen LogP contribution in [0.15, 0.2) is 45.6 Å². The Morgan fingerprint density at radius 3 is 2.75 bits per heavy atom. The number of nitrogens with zero attached hydrogens (tertiary/aromatic N) is 3. The third-order valence-corrected chi connectivity index (χ3v) is 4.27. The number of rotatable bonds is 3. The SMILES string of the molecule is O=C(c1cccc(Br)c1)N1CC(Cn2cc(Br)cn2)C1. The summed E-state index contributed by atoms with van der Waals surface area (Å²) in [5.41, 5.74) is 0.736. The van der Waals surface area contributed by atoms with Crippen molar-refractivity contribution in [2.45, 2.75) is 6.54 Å². The predicted octanol–water partition coefficient (Wildman–Crippen LogP) is 3.18. The maximum atomic E-state index is 12.3. The van der Waals surface area contributed by atoms with Crippen LogP contribution in [0.1, 0.15) is 10.4 Å². The molecule has 0 saturated carbocycles. The summed E-state index contributed by atoms with van der Waals surface area (Å²) >= 11 is 6.77. The van der Waals surface area contributed by atoms with Gasteiger partial charge in [0.15, 0.2) is 0 Å². The average Bonchev–Trinajstić information content (AvgIpc) is 2.78. The van der Waals surface area contributed by atoms with Crippen LogP contribution < -0.4 is 0 Å². The van der Waals surface area contributed by atoms with E-state index in [4.69, 9.17) is 0 Å². The van der Waals surface area contributed by atoms with Gasteiger partial charge in [0, 0.05) is 41.8 Å². The number of aromatic nitrogens is 2. The molecule has 1 saturated heterocycles. The van der Waals surface area contributed by atoms with E-state index in [0.29, 0.717) is 5.92 Å². The molecule has 0 bridgehead atoms. The lowest BCUT2D eigenvalue weighted by Gasteiger charge is -2.39. The summed E-state index contributed by atoms with van der Waals surface area (Å²) in [6, 6.07) is 7.52. The Bertz CT molecular complexity index is 635. The number of likely N-dealkylation sites (tertiary alicyclic amines) is 1. The summed E-state index contributed by atoms with van der Waals surface area (Å²) in [6.45, 7) is 2.44. The highest BCUT2D eigenvalue weighted by molar-refractivity contribution is 9.10. The third kappa shape index (κ3) is 2.96. The molecule has 1 aromatic heterocycles. The van der Waals surface area contributed by atoms with Gasteiger partial charge in [0.2, 0.25) is 0 Å². The van der Waals surface area contributed by atoms with Gasteiger partial charge in [-0.2, -0.15) is 5.10 Å². The molecular formula is C14H13Br2N3O. The van der Waals surface area contributed by atoms with E-state index in [1.165, 1.54) is 0 Å². The van der Waals surface area contributed by atoms with Gasteiger partial charge in [-0.25, -0.2) is 0 Å².